The molecule has 6 heteroatoms. The summed E-state index contributed by atoms with van der Waals surface area (Å²) in [6.07, 6.45) is 2.80. The molecule has 1 aromatic heterocycles. The van der Waals surface area contributed by atoms with Crippen LogP contribution in [0.15, 0.2) is 30.5 Å². The summed E-state index contributed by atoms with van der Waals surface area (Å²) in [5.74, 6) is 0.0848. The molecule has 6 nitrogen and oxygen atoms in total. The van der Waals surface area contributed by atoms with E-state index < -0.39 is 0 Å². The molecule has 1 fully saturated rings. The zero-order chi connectivity index (χ0) is 17.1. The predicted octanol–water partition coefficient (Wildman–Crippen LogP) is 1.85. The highest BCUT2D eigenvalue weighted by molar-refractivity contribution is 5.83. The Kier molecular flexibility index (Phi) is 4.74. The molecule has 1 saturated heterocycles. The Morgan fingerprint density at radius 1 is 1.33 bits per heavy atom. The van der Waals surface area contributed by atoms with Crippen molar-refractivity contribution in [2.24, 2.45) is 5.92 Å². The highest BCUT2D eigenvalue weighted by Crippen LogP contribution is 2.20. The molecule has 0 saturated carbocycles. The molecule has 1 aliphatic heterocycles. The monoisotopic (exact) mass is 326 g/mol. The van der Waals surface area contributed by atoms with Crippen molar-refractivity contribution in [3.63, 3.8) is 0 Å². The average Bonchev–Trinajstić information content (AvgIpc) is 2.61. The Morgan fingerprint density at radius 3 is 2.83 bits per heavy atom. The third kappa shape index (κ3) is 3.37. The highest BCUT2D eigenvalue weighted by Gasteiger charge is 2.31. The molecule has 1 aromatic carbocycles. The molecule has 1 aliphatic rings. The summed E-state index contributed by atoms with van der Waals surface area (Å²) in [7, 11) is 1.78. The van der Waals surface area contributed by atoms with E-state index in [-0.39, 0.29) is 17.7 Å². The summed E-state index contributed by atoms with van der Waals surface area (Å²) in [5.41, 5.74) is 2.44. The van der Waals surface area contributed by atoms with Crippen molar-refractivity contribution in [3.05, 3.63) is 36.2 Å². The molecule has 0 bridgehead atoms. The maximum Gasteiger partial charge on any atom is 0.227 e. The molecule has 3 rings (SSSR count). The summed E-state index contributed by atoms with van der Waals surface area (Å²) in [5, 5.41) is 0. The highest BCUT2D eigenvalue weighted by atomic mass is 16.2. The molecule has 0 spiro atoms. The topological polar surface area (TPSA) is 66.4 Å². The van der Waals surface area contributed by atoms with E-state index in [1.165, 1.54) is 0 Å². The minimum Gasteiger partial charge on any atom is -0.342 e. The molecule has 0 unspecified atom stereocenters. The lowest BCUT2D eigenvalue weighted by molar-refractivity contribution is -0.142. The average molecular weight is 326 g/mol. The molecular formula is C18H22N4O2. The Labute approximate surface area is 141 Å². The number of fused-ring (bicyclic) bond motifs is 1. The van der Waals surface area contributed by atoms with Gasteiger partial charge in [0.2, 0.25) is 11.8 Å². The van der Waals surface area contributed by atoms with E-state index in [2.05, 4.69) is 9.97 Å². The smallest absolute Gasteiger partial charge is 0.227 e. The van der Waals surface area contributed by atoms with Gasteiger partial charge in [-0.25, -0.2) is 4.98 Å². The van der Waals surface area contributed by atoms with Crippen LogP contribution in [-0.2, 0) is 16.1 Å². The number of aromatic nitrogens is 2. The molecule has 2 aromatic rings. The van der Waals surface area contributed by atoms with Crippen LogP contribution < -0.4 is 0 Å². The van der Waals surface area contributed by atoms with Crippen molar-refractivity contribution in [1.82, 2.24) is 19.8 Å². The molecule has 2 amide bonds. The molecule has 0 radical (unpaired) electrons. The van der Waals surface area contributed by atoms with Crippen molar-refractivity contribution >= 4 is 22.8 Å². The zero-order valence-electron chi connectivity index (χ0n) is 14.1. The lowest BCUT2D eigenvalue weighted by atomic mass is 9.96. The van der Waals surface area contributed by atoms with Gasteiger partial charge in [0, 0.05) is 26.6 Å². The van der Waals surface area contributed by atoms with E-state index in [0.717, 1.165) is 16.7 Å². The summed E-state index contributed by atoms with van der Waals surface area (Å²) >= 11 is 0. The number of hydrogen-bond donors (Lipinski definition) is 0. The van der Waals surface area contributed by atoms with Crippen molar-refractivity contribution in [1.29, 1.82) is 0 Å². The van der Waals surface area contributed by atoms with Crippen molar-refractivity contribution in [2.75, 3.05) is 20.1 Å². The van der Waals surface area contributed by atoms with Gasteiger partial charge in [0.15, 0.2) is 0 Å². The number of nitrogens with zero attached hydrogens (tertiary/aromatic N) is 4. The minimum atomic E-state index is -0.124. The number of piperidine rings is 1. The number of para-hydroxylation sites is 2. The summed E-state index contributed by atoms with van der Waals surface area (Å²) in [4.78, 5) is 36.8. The van der Waals surface area contributed by atoms with Gasteiger partial charge in [0.05, 0.1) is 35.4 Å². The molecule has 1 atom stereocenters. The standard InChI is InChI=1S/C18H22N4O2/c1-3-22-11-13(8-9-17(22)23)18(24)21(2)12-14-10-19-15-6-4-5-7-16(15)20-14/h4-7,10,13H,3,8-9,11-12H2,1-2H3/t13-/m0/s1. The molecule has 0 aliphatic carbocycles. The van der Waals surface area contributed by atoms with Gasteiger partial charge < -0.3 is 9.80 Å². The van der Waals surface area contributed by atoms with Crippen LogP contribution in [0, 0.1) is 5.92 Å². The number of hydrogen-bond acceptors (Lipinski definition) is 4. The van der Waals surface area contributed by atoms with Gasteiger partial charge in [-0.05, 0) is 25.5 Å². The second-order valence-corrected chi connectivity index (χ2v) is 6.21. The van der Waals surface area contributed by atoms with Gasteiger partial charge in [-0.1, -0.05) is 12.1 Å². The third-order valence-electron chi connectivity index (χ3n) is 4.50. The first-order chi connectivity index (χ1) is 11.6. The van der Waals surface area contributed by atoms with E-state index in [1.807, 2.05) is 31.2 Å². The number of benzene rings is 1. The van der Waals surface area contributed by atoms with Crippen LogP contribution in [0.25, 0.3) is 11.0 Å². The molecule has 126 valence electrons. The fraction of sp³-hybridized carbons (Fsp3) is 0.444. The van der Waals surface area contributed by atoms with Gasteiger partial charge >= 0.3 is 0 Å². The Balaban J connectivity index is 1.68. The van der Waals surface area contributed by atoms with Crippen LogP contribution in [0.2, 0.25) is 0 Å². The van der Waals surface area contributed by atoms with Crippen LogP contribution in [0.3, 0.4) is 0 Å². The lowest BCUT2D eigenvalue weighted by Gasteiger charge is -2.33. The predicted molar refractivity (Wildman–Crippen MR) is 91.0 cm³/mol. The fourth-order valence-corrected chi connectivity index (χ4v) is 3.13. The van der Waals surface area contributed by atoms with Gasteiger partial charge in [-0.2, -0.15) is 0 Å². The maximum absolute atomic E-state index is 12.7. The van der Waals surface area contributed by atoms with Crippen LogP contribution in [-0.4, -0.2) is 51.7 Å². The van der Waals surface area contributed by atoms with E-state index >= 15 is 0 Å². The second-order valence-electron chi connectivity index (χ2n) is 6.21. The lowest BCUT2D eigenvalue weighted by Crippen LogP contribution is -2.45. The second kappa shape index (κ2) is 6.95. The van der Waals surface area contributed by atoms with E-state index in [1.54, 1.807) is 23.0 Å². The normalized spacial score (nSPS) is 18.0. The SMILES string of the molecule is CCN1C[C@@H](C(=O)N(C)Cc2cnc3ccccc3n2)CCC1=O. The number of carbonyl (C=O) groups is 2. The Hall–Kier alpha value is -2.50. The van der Waals surface area contributed by atoms with E-state index in [9.17, 15) is 9.59 Å². The summed E-state index contributed by atoms with van der Waals surface area (Å²) in [6, 6.07) is 7.68. The summed E-state index contributed by atoms with van der Waals surface area (Å²) in [6.45, 7) is 3.54. The molecule has 0 N–H and O–H groups in total. The molecular weight excluding hydrogens is 304 g/mol. The number of carbonyl (C=O) groups excluding carboxylic acids is 2. The first-order valence-electron chi connectivity index (χ1n) is 8.32. The van der Waals surface area contributed by atoms with Gasteiger partial charge in [-0.3, -0.25) is 14.6 Å². The maximum atomic E-state index is 12.7. The van der Waals surface area contributed by atoms with Crippen LogP contribution in [0.5, 0.6) is 0 Å². The van der Waals surface area contributed by atoms with Crippen LogP contribution in [0.1, 0.15) is 25.5 Å². The van der Waals surface area contributed by atoms with Gasteiger partial charge in [0.25, 0.3) is 0 Å². The number of rotatable bonds is 4. The first-order valence-corrected chi connectivity index (χ1v) is 8.32. The quantitative estimate of drug-likeness (QED) is 0.860. The number of likely N-dealkylation sites (tertiary alicyclic amines) is 1. The molecule has 24 heavy (non-hydrogen) atoms. The fourth-order valence-electron chi connectivity index (χ4n) is 3.13. The van der Waals surface area contributed by atoms with Crippen LogP contribution >= 0.6 is 0 Å². The van der Waals surface area contributed by atoms with Crippen LogP contribution in [0.4, 0.5) is 0 Å². The largest absolute Gasteiger partial charge is 0.342 e. The number of amides is 2. The Bertz CT molecular complexity index is 762. The molecule has 2 heterocycles. The first kappa shape index (κ1) is 16.4. The van der Waals surface area contributed by atoms with Crippen molar-refractivity contribution in [3.8, 4) is 0 Å². The van der Waals surface area contributed by atoms with Gasteiger partial charge in [0.1, 0.15) is 0 Å². The van der Waals surface area contributed by atoms with Gasteiger partial charge in [-0.15, -0.1) is 0 Å². The van der Waals surface area contributed by atoms with E-state index in [4.69, 9.17) is 0 Å². The third-order valence-corrected chi connectivity index (χ3v) is 4.50. The summed E-state index contributed by atoms with van der Waals surface area (Å²) < 4.78 is 0. The van der Waals surface area contributed by atoms with Crippen molar-refractivity contribution in [2.45, 2.75) is 26.3 Å². The van der Waals surface area contributed by atoms with E-state index in [0.29, 0.717) is 32.5 Å². The minimum absolute atomic E-state index is 0.0657. The zero-order valence-corrected chi connectivity index (χ0v) is 14.1. The van der Waals surface area contributed by atoms with Crippen molar-refractivity contribution < 1.29 is 9.59 Å². The Morgan fingerprint density at radius 2 is 2.08 bits per heavy atom.